The van der Waals surface area contributed by atoms with Crippen LogP contribution in [0.5, 0.6) is 0 Å². The molecule has 1 saturated heterocycles. The molecule has 25 heavy (non-hydrogen) atoms. The smallest absolute Gasteiger partial charge is 0.230 e. The van der Waals surface area contributed by atoms with Gasteiger partial charge in [-0.15, -0.1) is 0 Å². The van der Waals surface area contributed by atoms with Gasteiger partial charge in [-0.05, 0) is 18.2 Å². The maximum absolute atomic E-state index is 13.4. The maximum atomic E-state index is 13.4. The number of hydrogen-bond acceptors (Lipinski definition) is 7. The number of morpholine rings is 1. The quantitative estimate of drug-likeness (QED) is 0.694. The second kappa shape index (κ2) is 6.83. The summed E-state index contributed by atoms with van der Waals surface area (Å²) in [6, 6.07) is 5.97. The third-order valence-corrected chi connectivity index (χ3v) is 3.99. The summed E-state index contributed by atoms with van der Waals surface area (Å²) in [6.45, 7) is 2.07. The fraction of sp³-hybridized carbons (Fsp3) is 0.250. The summed E-state index contributed by atoms with van der Waals surface area (Å²) in [5, 5.41) is 7.23. The van der Waals surface area contributed by atoms with Crippen molar-refractivity contribution >= 4 is 34.3 Å². The van der Waals surface area contributed by atoms with E-state index in [1.54, 1.807) is 12.1 Å². The summed E-state index contributed by atoms with van der Waals surface area (Å²) in [4.78, 5) is 16.9. The van der Waals surface area contributed by atoms with Crippen molar-refractivity contribution < 1.29 is 9.13 Å². The number of nitrogens with zero attached hydrogens (tertiary/aromatic N) is 4. The van der Waals surface area contributed by atoms with Crippen LogP contribution in [0.25, 0.3) is 10.9 Å². The molecule has 1 aliphatic rings. The largest absolute Gasteiger partial charge is 0.369 e. The Morgan fingerprint density at radius 2 is 2.16 bits per heavy atom. The second-order valence-electron chi connectivity index (χ2n) is 5.51. The van der Waals surface area contributed by atoms with Crippen LogP contribution in [0.2, 0.25) is 5.15 Å². The summed E-state index contributed by atoms with van der Waals surface area (Å²) >= 11 is 6.13. The highest BCUT2D eigenvalue weighted by Gasteiger charge is 2.19. The lowest BCUT2D eigenvalue weighted by atomic mass is 10.2. The summed E-state index contributed by atoms with van der Waals surface area (Å²) in [7, 11) is 0. The van der Waals surface area contributed by atoms with Gasteiger partial charge >= 0.3 is 0 Å². The molecule has 4 rings (SSSR count). The fourth-order valence-corrected chi connectivity index (χ4v) is 2.84. The van der Waals surface area contributed by atoms with E-state index in [1.165, 1.54) is 18.5 Å². The summed E-state index contributed by atoms with van der Waals surface area (Å²) in [5.74, 6) is 0.405. The summed E-state index contributed by atoms with van der Waals surface area (Å²) in [6.07, 6.45) is 1.16. The van der Waals surface area contributed by atoms with Crippen LogP contribution in [0.15, 0.2) is 30.6 Å². The highest BCUT2D eigenvalue weighted by atomic mass is 35.5. The molecule has 3 aromatic rings. The van der Waals surface area contributed by atoms with Crippen LogP contribution in [-0.2, 0) is 4.74 Å². The zero-order valence-corrected chi connectivity index (χ0v) is 13.8. The van der Waals surface area contributed by atoms with E-state index in [9.17, 15) is 4.39 Å². The molecule has 0 radical (unpaired) electrons. The molecule has 1 fully saturated rings. The predicted octanol–water partition coefficient (Wildman–Crippen LogP) is 2.62. The molecule has 0 bridgehead atoms. The predicted molar refractivity (Wildman–Crippen MR) is 91.4 cm³/mol. The van der Waals surface area contributed by atoms with E-state index in [-0.39, 0.29) is 11.9 Å². The van der Waals surface area contributed by atoms with Gasteiger partial charge < -0.3 is 15.4 Å². The Morgan fingerprint density at radius 1 is 1.24 bits per heavy atom. The Balaban J connectivity index is 1.68. The number of anilines is 2. The number of aromatic nitrogens is 4. The number of hydrogen-bond donors (Lipinski definition) is 2. The molecule has 1 unspecified atom stereocenters. The topological polar surface area (TPSA) is 84.9 Å². The number of nitrogens with one attached hydrogen (secondary N) is 2. The second-order valence-corrected chi connectivity index (χ2v) is 5.90. The van der Waals surface area contributed by atoms with Crippen molar-refractivity contribution in [2.24, 2.45) is 0 Å². The maximum Gasteiger partial charge on any atom is 0.230 e. The minimum Gasteiger partial charge on any atom is -0.369 e. The van der Waals surface area contributed by atoms with Crippen LogP contribution in [0.3, 0.4) is 0 Å². The number of fused-ring (bicyclic) bond motifs is 1. The molecule has 0 aliphatic carbocycles. The molecular weight excluding hydrogens is 347 g/mol. The van der Waals surface area contributed by atoms with Crippen LogP contribution in [0, 0.1) is 5.82 Å². The van der Waals surface area contributed by atoms with Crippen LogP contribution in [0.1, 0.15) is 11.8 Å². The number of benzene rings is 1. The van der Waals surface area contributed by atoms with Crippen LogP contribution in [-0.4, -0.2) is 39.6 Å². The summed E-state index contributed by atoms with van der Waals surface area (Å²) < 4.78 is 19.1. The van der Waals surface area contributed by atoms with E-state index in [0.29, 0.717) is 46.7 Å². The molecule has 9 heteroatoms. The zero-order valence-electron chi connectivity index (χ0n) is 13.0. The van der Waals surface area contributed by atoms with Gasteiger partial charge in [-0.3, -0.25) is 0 Å². The highest BCUT2D eigenvalue weighted by Crippen LogP contribution is 2.25. The standard InChI is InChI=1S/C16H14ClFN6O/c17-14-6-12(13-7-19-3-4-25-13)22-16(23-14)24-15-10-2-1-9(18)5-11(10)20-8-21-15/h1-2,5-6,8,13,19H,3-4,7H2,(H,20,21,22,23,24). The Hall–Kier alpha value is -2.42. The lowest BCUT2D eigenvalue weighted by Gasteiger charge is -2.23. The molecule has 0 saturated carbocycles. The molecule has 3 heterocycles. The van der Waals surface area contributed by atoms with Crippen molar-refractivity contribution in [1.82, 2.24) is 25.3 Å². The molecule has 1 aromatic carbocycles. The Kier molecular flexibility index (Phi) is 4.39. The van der Waals surface area contributed by atoms with Gasteiger partial charge in [-0.2, -0.15) is 0 Å². The van der Waals surface area contributed by atoms with Crippen molar-refractivity contribution in [3.63, 3.8) is 0 Å². The van der Waals surface area contributed by atoms with Gasteiger partial charge in [0.25, 0.3) is 0 Å². The first kappa shape index (κ1) is 16.1. The molecule has 128 valence electrons. The Labute approximate surface area is 147 Å². The van der Waals surface area contributed by atoms with Crippen LogP contribution < -0.4 is 10.6 Å². The van der Waals surface area contributed by atoms with Crippen molar-refractivity contribution in [1.29, 1.82) is 0 Å². The normalized spacial score (nSPS) is 17.6. The van der Waals surface area contributed by atoms with Crippen LogP contribution >= 0.6 is 11.6 Å². The molecule has 0 amide bonds. The van der Waals surface area contributed by atoms with Gasteiger partial charge in [0.15, 0.2) is 0 Å². The minimum atomic E-state index is -0.361. The first-order chi connectivity index (χ1) is 12.2. The monoisotopic (exact) mass is 360 g/mol. The van der Waals surface area contributed by atoms with Gasteiger partial charge in [0.1, 0.15) is 29.2 Å². The molecule has 2 aromatic heterocycles. The Morgan fingerprint density at radius 3 is 3.00 bits per heavy atom. The third kappa shape index (κ3) is 3.51. The van der Waals surface area contributed by atoms with Crippen molar-refractivity contribution in [3.05, 3.63) is 47.3 Å². The number of halogens is 2. The summed E-state index contributed by atoms with van der Waals surface area (Å²) in [5.41, 5.74) is 1.17. The van der Waals surface area contributed by atoms with Crippen molar-refractivity contribution in [2.45, 2.75) is 6.10 Å². The van der Waals surface area contributed by atoms with Gasteiger partial charge in [0.05, 0.1) is 17.8 Å². The third-order valence-electron chi connectivity index (χ3n) is 3.80. The number of ether oxygens (including phenoxy) is 1. The molecule has 1 aliphatic heterocycles. The van der Waals surface area contributed by atoms with Crippen molar-refractivity contribution in [2.75, 3.05) is 25.0 Å². The van der Waals surface area contributed by atoms with E-state index in [1.807, 2.05) is 0 Å². The average Bonchev–Trinajstić information content (AvgIpc) is 2.62. The van der Waals surface area contributed by atoms with E-state index in [4.69, 9.17) is 16.3 Å². The molecule has 7 nitrogen and oxygen atoms in total. The van der Waals surface area contributed by atoms with E-state index < -0.39 is 0 Å². The van der Waals surface area contributed by atoms with Gasteiger partial charge in [0.2, 0.25) is 5.95 Å². The van der Waals surface area contributed by atoms with E-state index in [2.05, 4.69) is 30.6 Å². The lowest BCUT2D eigenvalue weighted by Crippen LogP contribution is -2.33. The molecule has 1 atom stereocenters. The first-order valence-corrected chi connectivity index (χ1v) is 8.11. The van der Waals surface area contributed by atoms with Gasteiger partial charge in [-0.1, -0.05) is 11.6 Å². The van der Waals surface area contributed by atoms with E-state index >= 15 is 0 Å². The minimum absolute atomic E-state index is 0.189. The van der Waals surface area contributed by atoms with Gasteiger partial charge in [-0.25, -0.2) is 24.3 Å². The average molecular weight is 361 g/mol. The number of rotatable bonds is 3. The SMILES string of the molecule is Fc1ccc2c(Nc3nc(Cl)cc(C4CNCCO4)n3)ncnc2c1. The molecular formula is C16H14ClFN6O. The Bertz CT molecular complexity index is 918. The van der Waals surface area contributed by atoms with E-state index in [0.717, 1.165) is 6.54 Å². The van der Waals surface area contributed by atoms with Crippen molar-refractivity contribution in [3.8, 4) is 0 Å². The zero-order chi connectivity index (χ0) is 17.2. The lowest BCUT2D eigenvalue weighted by molar-refractivity contribution is 0.0250. The van der Waals surface area contributed by atoms with Gasteiger partial charge in [0, 0.05) is 24.5 Å². The van der Waals surface area contributed by atoms with Crippen LogP contribution in [0.4, 0.5) is 16.2 Å². The highest BCUT2D eigenvalue weighted by molar-refractivity contribution is 6.29. The fourth-order valence-electron chi connectivity index (χ4n) is 2.65. The first-order valence-electron chi connectivity index (χ1n) is 7.73. The molecule has 2 N–H and O–H groups in total. The molecule has 0 spiro atoms.